The standard InChI is InChI=1S/C24H40N2O.C16H20N2O6.C15H17ClN2O5.C11H14N2O.C10H11ClN2O/c1-3-4-5-6-7-8-9-10-11-12-13-17-20-23-21(2)24(27)25-26(23)22-18-15-14-16-19-22;1-11(19)23-9-16(10-24-12(2)20)8-18(17-15(16)21)13-4-6-14(22-3)7-5-13;1-10(19)22-8-15(9-23-11(2)20)7-18(17-14(15)21)13-5-3-12(16)4-6-13;1-8-4-3-5-10(6-8)13-7-9(2)11(14)12-13;1-7-6-13(12-10(7)14)9-4-2-3-8(11)5-9/h14-16,18-19,21,23H,3-13,17,20H2,1-2H3,(H,25,27);4-7H,8-10H2,1-3H3,(H,17,21);3-6H,7-9H2,1-2H3,(H,17,21);3-6,9H,7H2,1-2H3,(H,12,14);2-5,7H,6H2,1H3,(H,12,14). The summed E-state index contributed by atoms with van der Waals surface area (Å²) in [7, 11) is 1.57. The Hall–Kier alpha value is -9.29. The van der Waals surface area contributed by atoms with E-state index < -0.39 is 34.7 Å². The van der Waals surface area contributed by atoms with Crippen LogP contribution in [0.4, 0.5) is 28.4 Å². The maximum atomic E-state index is 12.5. The summed E-state index contributed by atoms with van der Waals surface area (Å²) in [6, 6.07) is 40.1. The van der Waals surface area contributed by atoms with Gasteiger partial charge in [0.1, 0.15) is 43.0 Å². The molecule has 5 saturated heterocycles. The highest BCUT2D eigenvalue weighted by molar-refractivity contribution is 6.31. The van der Waals surface area contributed by atoms with Gasteiger partial charge in [-0.25, -0.2) is 0 Å². The number of para-hydroxylation sites is 1. The molecular formula is C76H102Cl2N10O14. The number of ether oxygens (including phenoxy) is 5. The van der Waals surface area contributed by atoms with Gasteiger partial charge in [-0.2, -0.15) is 0 Å². The Morgan fingerprint density at radius 2 is 0.863 bits per heavy atom. The molecule has 24 nitrogen and oxygen atoms in total. The third-order valence-corrected chi connectivity index (χ3v) is 18.2. The number of methoxy groups -OCH3 is 1. The van der Waals surface area contributed by atoms with Gasteiger partial charge in [0.15, 0.2) is 0 Å². The van der Waals surface area contributed by atoms with Crippen LogP contribution in [0.5, 0.6) is 5.75 Å². The first kappa shape index (κ1) is 81.7. The number of aryl methyl sites for hydroxylation is 1. The molecule has 5 aromatic rings. The minimum atomic E-state index is -1.16. The summed E-state index contributed by atoms with van der Waals surface area (Å²) in [6.07, 6.45) is 17.5. The van der Waals surface area contributed by atoms with Gasteiger partial charge < -0.3 is 23.7 Å². The van der Waals surface area contributed by atoms with Gasteiger partial charge in [-0.05, 0) is 110 Å². The Labute approximate surface area is 609 Å². The van der Waals surface area contributed by atoms with E-state index in [1.165, 1.54) is 110 Å². The molecule has 5 aliphatic rings. The lowest BCUT2D eigenvalue weighted by Gasteiger charge is -2.27. The Morgan fingerprint density at radius 3 is 1.26 bits per heavy atom. The zero-order chi connectivity index (χ0) is 74.4. The lowest BCUT2D eigenvalue weighted by molar-refractivity contribution is -0.156. The fraction of sp³-hybridized carbons (Fsp3) is 0.487. The normalized spacial score (nSPS) is 18.2. The summed E-state index contributed by atoms with van der Waals surface area (Å²) in [4.78, 5) is 104. The SMILES string of the molecule is CC(=O)OCC1(COC(C)=O)CN(c2ccc(Cl)cc2)NC1=O.CC1CN(c2cccc(Cl)c2)NC1=O.CCCCCCCCCCCCCCC1C(C)C(=O)NN1c1ccccc1.COc1ccc(N2CC(COC(C)=O)(COC(C)=O)C(=O)N2)cc1.Cc1cccc(N2CC(C)C(=O)N2)c1. The maximum absolute atomic E-state index is 12.5. The molecular weight excluding hydrogens is 1350 g/mol. The van der Waals surface area contributed by atoms with Crippen LogP contribution in [0, 0.1) is 35.5 Å². The van der Waals surface area contributed by atoms with E-state index >= 15 is 0 Å². The number of nitrogens with one attached hydrogen (secondary N) is 5. The Balaban J connectivity index is 0.000000205. The summed E-state index contributed by atoms with van der Waals surface area (Å²) < 4.78 is 25.1. The third-order valence-electron chi connectivity index (χ3n) is 17.8. The van der Waals surface area contributed by atoms with Gasteiger partial charge >= 0.3 is 23.9 Å². The average molecular weight is 1450 g/mol. The molecule has 5 aliphatic heterocycles. The van der Waals surface area contributed by atoms with Gasteiger partial charge in [-0.3, -0.25) is 95.3 Å². The number of hydrogen-bond donors (Lipinski definition) is 5. The Kier molecular flexibility index (Phi) is 32.8. The average Bonchev–Trinajstić information content (AvgIpc) is 1.64. The number of halogens is 2. The van der Waals surface area contributed by atoms with Crippen LogP contribution in [0.3, 0.4) is 0 Å². The first-order chi connectivity index (χ1) is 48.7. The highest BCUT2D eigenvalue weighted by Gasteiger charge is 2.50. The molecule has 0 spiro atoms. The molecule has 26 heteroatoms. The molecule has 5 aromatic carbocycles. The van der Waals surface area contributed by atoms with E-state index in [9.17, 15) is 43.2 Å². The Bertz CT molecular complexity index is 3450. The van der Waals surface area contributed by atoms with Crippen LogP contribution in [-0.4, -0.2) is 119 Å². The van der Waals surface area contributed by atoms with E-state index in [0.29, 0.717) is 22.3 Å². The van der Waals surface area contributed by atoms with E-state index in [2.05, 4.69) is 64.2 Å². The van der Waals surface area contributed by atoms with Crippen molar-refractivity contribution >= 4 is 105 Å². The van der Waals surface area contributed by atoms with E-state index in [1.54, 1.807) is 65.7 Å². The van der Waals surface area contributed by atoms with Crippen molar-refractivity contribution in [3.05, 3.63) is 143 Å². The second-order valence-electron chi connectivity index (χ2n) is 26.4. The van der Waals surface area contributed by atoms with Crippen molar-refractivity contribution in [3.63, 3.8) is 0 Å². The van der Waals surface area contributed by atoms with Gasteiger partial charge in [0.25, 0.3) is 11.8 Å². The number of unbranched alkanes of at least 4 members (excludes halogenated alkanes) is 11. The van der Waals surface area contributed by atoms with Crippen LogP contribution < -0.4 is 56.9 Å². The molecule has 4 atom stereocenters. The number of nitrogens with zero attached hydrogens (tertiary/aromatic N) is 5. The molecule has 5 heterocycles. The van der Waals surface area contributed by atoms with Gasteiger partial charge in [0.05, 0.1) is 85.5 Å². The molecule has 5 N–H and O–H groups in total. The molecule has 5 amide bonds. The summed E-state index contributed by atoms with van der Waals surface area (Å²) in [6.45, 7) is 16.4. The topological polar surface area (TPSA) is 276 Å². The number of benzene rings is 5. The van der Waals surface area contributed by atoms with Crippen molar-refractivity contribution < 1.29 is 66.8 Å². The summed E-state index contributed by atoms with van der Waals surface area (Å²) in [5, 5.41) is 10.3. The largest absolute Gasteiger partial charge is 0.497 e. The van der Waals surface area contributed by atoms with E-state index in [1.807, 2.05) is 91.5 Å². The number of hydrazine groups is 5. The smallest absolute Gasteiger partial charge is 0.302 e. The number of hydrogen-bond acceptors (Lipinski definition) is 19. The molecule has 0 bridgehead atoms. The summed E-state index contributed by atoms with van der Waals surface area (Å²) in [5.41, 5.74) is 17.5. The van der Waals surface area contributed by atoms with Crippen molar-refractivity contribution in [2.75, 3.05) is 84.8 Å². The lowest BCUT2D eigenvalue weighted by atomic mass is 9.90. The number of carbonyl (C=O) groups is 9. The van der Waals surface area contributed by atoms with E-state index in [-0.39, 0.29) is 92.8 Å². The Morgan fingerprint density at radius 1 is 0.451 bits per heavy atom. The molecule has 5 fully saturated rings. The number of esters is 4. The first-order valence-corrected chi connectivity index (χ1v) is 35.7. The number of rotatable bonds is 27. The molecule has 0 radical (unpaired) electrons. The van der Waals surface area contributed by atoms with Crippen molar-refractivity contribution in [2.24, 2.45) is 28.6 Å². The van der Waals surface area contributed by atoms with Gasteiger partial charge in [-0.15, -0.1) is 0 Å². The zero-order valence-electron chi connectivity index (χ0n) is 60.5. The molecule has 0 saturated carbocycles. The van der Waals surface area contributed by atoms with Crippen molar-refractivity contribution in [3.8, 4) is 5.75 Å². The monoisotopic (exact) mass is 1450 g/mol. The van der Waals surface area contributed by atoms with Crippen LogP contribution in [0.15, 0.2) is 127 Å². The highest BCUT2D eigenvalue weighted by Crippen LogP contribution is 2.34. The molecule has 4 unspecified atom stereocenters. The van der Waals surface area contributed by atoms with Crippen molar-refractivity contribution in [1.82, 2.24) is 27.1 Å². The van der Waals surface area contributed by atoms with Crippen LogP contribution >= 0.6 is 23.2 Å². The van der Waals surface area contributed by atoms with Crippen molar-refractivity contribution in [2.45, 2.75) is 152 Å². The van der Waals surface area contributed by atoms with Gasteiger partial charge in [0.2, 0.25) is 17.7 Å². The van der Waals surface area contributed by atoms with Crippen molar-refractivity contribution in [1.29, 1.82) is 0 Å². The quantitative estimate of drug-likeness (QED) is 0.0186. The minimum absolute atomic E-state index is 0.0361. The molecule has 102 heavy (non-hydrogen) atoms. The maximum Gasteiger partial charge on any atom is 0.302 e. The highest BCUT2D eigenvalue weighted by atomic mass is 35.5. The second-order valence-corrected chi connectivity index (χ2v) is 27.3. The fourth-order valence-corrected chi connectivity index (χ4v) is 12.0. The molecule has 0 aliphatic carbocycles. The van der Waals surface area contributed by atoms with Gasteiger partial charge in [0, 0.05) is 37.7 Å². The summed E-state index contributed by atoms with van der Waals surface area (Å²) in [5.74, 6) is -1.59. The van der Waals surface area contributed by atoms with E-state index in [4.69, 9.17) is 46.9 Å². The van der Waals surface area contributed by atoms with Crippen LogP contribution in [0.25, 0.3) is 0 Å². The minimum Gasteiger partial charge on any atom is -0.497 e. The molecule has 0 aromatic heterocycles. The third kappa shape index (κ3) is 25.6. The predicted molar refractivity (Wildman–Crippen MR) is 394 cm³/mol. The predicted octanol–water partition coefficient (Wildman–Crippen LogP) is 11.9. The first-order valence-electron chi connectivity index (χ1n) is 35.0. The summed E-state index contributed by atoms with van der Waals surface area (Å²) >= 11 is 11.7. The number of amides is 5. The van der Waals surface area contributed by atoms with Crippen LogP contribution in [0.2, 0.25) is 10.0 Å². The number of anilines is 5. The lowest BCUT2D eigenvalue weighted by Crippen LogP contribution is -2.42. The second kappa shape index (κ2) is 41.0. The van der Waals surface area contributed by atoms with Crippen LogP contribution in [0.1, 0.15) is 144 Å². The van der Waals surface area contributed by atoms with Crippen LogP contribution in [-0.2, 0) is 62.1 Å². The zero-order valence-corrected chi connectivity index (χ0v) is 62.0. The molecule has 10 rings (SSSR count). The van der Waals surface area contributed by atoms with Gasteiger partial charge in [-0.1, -0.05) is 164 Å². The molecule has 554 valence electrons. The fourth-order valence-electron chi connectivity index (χ4n) is 11.7. The number of carbonyl (C=O) groups excluding carboxylic acids is 9. The van der Waals surface area contributed by atoms with E-state index in [0.717, 1.165) is 41.4 Å².